The van der Waals surface area contributed by atoms with Crippen LogP contribution in [0.15, 0.2) is 35.4 Å². The molecule has 1 aliphatic rings. The van der Waals surface area contributed by atoms with E-state index in [-0.39, 0.29) is 29.8 Å². The number of rotatable bonds is 4. The molecule has 11 heteroatoms. The number of nitrogen functional groups attached to an aromatic ring is 1. The number of carbonyl (C=O) groups excluding carboxylic acids is 1. The van der Waals surface area contributed by atoms with Crippen molar-refractivity contribution in [2.45, 2.75) is 19.4 Å². The molecule has 0 bridgehead atoms. The van der Waals surface area contributed by atoms with Gasteiger partial charge in [-0.05, 0) is 30.5 Å². The summed E-state index contributed by atoms with van der Waals surface area (Å²) in [5.41, 5.74) is 7.79. The fourth-order valence-corrected chi connectivity index (χ4v) is 3.71. The number of aromatic nitrogens is 7. The minimum Gasteiger partial charge on any atom is -0.382 e. The summed E-state index contributed by atoms with van der Waals surface area (Å²) in [4.78, 5) is 42.5. The van der Waals surface area contributed by atoms with E-state index in [9.17, 15) is 9.59 Å². The van der Waals surface area contributed by atoms with Crippen LogP contribution in [0.5, 0.6) is 0 Å². The first-order chi connectivity index (χ1) is 14.6. The van der Waals surface area contributed by atoms with Gasteiger partial charge >= 0.3 is 5.69 Å². The van der Waals surface area contributed by atoms with Crippen LogP contribution in [0.4, 0.5) is 5.82 Å². The summed E-state index contributed by atoms with van der Waals surface area (Å²) < 4.78 is 1.46. The molecule has 5 rings (SSSR count). The van der Waals surface area contributed by atoms with Crippen LogP contribution in [-0.2, 0) is 6.54 Å². The highest BCUT2D eigenvalue weighted by Crippen LogP contribution is 2.20. The summed E-state index contributed by atoms with van der Waals surface area (Å²) in [5, 5.41) is 6.48. The summed E-state index contributed by atoms with van der Waals surface area (Å²) in [7, 11) is 0. The number of hydrogen-bond donors (Lipinski definition) is 3. The summed E-state index contributed by atoms with van der Waals surface area (Å²) in [6.07, 6.45) is 3.40. The lowest BCUT2D eigenvalue weighted by atomic mass is 10.1. The Morgan fingerprint density at radius 1 is 1.20 bits per heavy atom. The minimum atomic E-state index is -0.364. The molecule has 0 radical (unpaired) electrons. The van der Waals surface area contributed by atoms with Gasteiger partial charge in [-0.15, -0.1) is 0 Å². The molecular formula is C19H19N9O2. The number of nitrogens with zero attached hydrogens (tertiary/aromatic N) is 6. The van der Waals surface area contributed by atoms with E-state index in [1.807, 2.05) is 23.1 Å². The van der Waals surface area contributed by atoms with Crippen molar-refractivity contribution in [1.82, 2.24) is 39.6 Å². The maximum absolute atomic E-state index is 12.7. The van der Waals surface area contributed by atoms with Gasteiger partial charge in [0.1, 0.15) is 11.8 Å². The molecule has 0 spiro atoms. The molecule has 30 heavy (non-hydrogen) atoms. The molecular weight excluding hydrogens is 386 g/mol. The average Bonchev–Trinajstić information content (AvgIpc) is 3.51. The molecule has 1 saturated heterocycles. The van der Waals surface area contributed by atoms with Crippen molar-refractivity contribution in [2.24, 2.45) is 0 Å². The SMILES string of the molecule is Nc1nc(-c2ncn[nH]2)nc2c1[nH]c(=O)n2Cc1cccc(C(=O)N2CCCC2)c1. The van der Waals surface area contributed by atoms with Crippen molar-refractivity contribution >= 4 is 22.9 Å². The number of nitrogens with two attached hydrogens (primary N) is 1. The van der Waals surface area contributed by atoms with Crippen LogP contribution in [0, 0.1) is 0 Å². The third-order valence-corrected chi connectivity index (χ3v) is 5.19. The molecule has 0 aliphatic carbocycles. The van der Waals surface area contributed by atoms with Gasteiger partial charge in [-0.1, -0.05) is 12.1 Å². The predicted octanol–water partition coefficient (Wildman–Crippen LogP) is 0.771. The van der Waals surface area contributed by atoms with Crippen molar-refractivity contribution in [1.29, 1.82) is 0 Å². The summed E-state index contributed by atoms with van der Waals surface area (Å²) in [5.74, 6) is 0.741. The molecule has 0 unspecified atom stereocenters. The number of carbonyl (C=O) groups is 1. The molecule has 4 N–H and O–H groups in total. The van der Waals surface area contributed by atoms with Gasteiger partial charge in [0, 0.05) is 18.7 Å². The van der Waals surface area contributed by atoms with Gasteiger partial charge in [0.25, 0.3) is 5.91 Å². The minimum absolute atomic E-state index is 0.0137. The number of likely N-dealkylation sites (tertiary alicyclic amines) is 1. The highest BCUT2D eigenvalue weighted by Gasteiger charge is 2.20. The number of anilines is 1. The lowest BCUT2D eigenvalue weighted by molar-refractivity contribution is 0.0792. The van der Waals surface area contributed by atoms with Crippen molar-refractivity contribution < 1.29 is 4.79 Å². The number of amides is 1. The van der Waals surface area contributed by atoms with Crippen LogP contribution in [0.25, 0.3) is 22.8 Å². The van der Waals surface area contributed by atoms with E-state index in [1.165, 1.54) is 10.9 Å². The first-order valence-corrected chi connectivity index (χ1v) is 9.60. The zero-order valence-electron chi connectivity index (χ0n) is 16.0. The molecule has 1 amide bonds. The van der Waals surface area contributed by atoms with E-state index in [0.717, 1.165) is 31.5 Å². The standard InChI is InChI=1S/C19H19N9O2/c20-14-13-17(25-16(24-14)15-21-10-22-26-15)28(19(30)23-13)9-11-4-3-5-12(8-11)18(29)27-6-1-2-7-27/h3-5,8,10H,1-2,6-7,9H2,(H,23,30)(H2,20,24,25)(H,21,22,26). The monoisotopic (exact) mass is 405 g/mol. The first-order valence-electron chi connectivity index (χ1n) is 9.60. The molecule has 4 heterocycles. The van der Waals surface area contributed by atoms with Crippen LogP contribution >= 0.6 is 0 Å². The van der Waals surface area contributed by atoms with Crippen molar-refractivity contribution in [3.05, 3.63) is 52.2 Å². The maximum atomic E-state index is 12.7. The fourth-order valence-electron chi connectivity index (χ4n) is 3.71. The zero-order chi connectivity index (χ0) is 20.7. The first kappa shape index (κ1) is 18.0. The van der Waals surface area contributed by atoms with Gasteiger partial charge < -0.3 is 15.6 Å². The molecule has 3 aromatic heterocycles. The Bertz CT molecular complexity index is 1280. The zero-order valence-corrected chi connectivity index (χ0v) is 16.0. The highest BCUT2D eigenvalue weighted by atomic mass is 16.2. The van der Waals surface area contributed by atoms with Crippen LogP contribution in [0.3, 0.4) is 0 Å². The molecule has 1 aliphatic heterocycles. The number of H-pyrrole nitrogens is 2. The average molecular weight is 405 g/mol. The number of imidazole rings is 1. The van der Waals surface area contributed by atoms with E-state index in [2.05, 4.69) is 30.1 Å². The van der Waals surface area contributed by atoms with E-state index >= 15 is 0 Å². The lowest BCUT2D eigenvalue weighted by Gasteiger charge is -2.15. The Hall–Kier alpha value is -4.02. The third-order valence-electron chi connectivity index (χ3n) is 5.19. The number of fused-ring (bicyclic) bond motifs is 1. The Labute approximate surface area is 170 Å². The van der Waals surface area contributed by atoms with Gasteiger partial charge in [0.2, 0.25) is 5.82 Å². The Morgan fingerprint density at radius 3 is 2.80 bits per heavy atom. The number of nitrogens with one attached hydrogen (secondary N) is 2. The van der Waals surface area contributed by atoms with E-state index in [0.29, 0.717) is 22.6 Å². The number of aromatic amines is 2. The largest absolute Gasteiger partial charge is 0.382 e. The Balaban J connectivity index is 1.52. The van der Waals surface area contributed by atoms with Gasteiger partial charge in [-0.2, -0.15) is 5.10 Å². The summed E-state index contributed by atoms with van der Waals surface area (Å²) in [6, 6.07) is 7.30. The van der Waals surface area contributed by atoms with E-state index in [4.69, 9.17) is 5.73 Å². The molecule has 4 aromatic rings. The second kappa shape index (κ2) is 7.10. The lowest BCUT2D eigenvalue weighted by Crippen LogP contribution is -2.27. The number of benzene rings is 1. The normalized spacial score (nSPS) is 13.9. The smallest absolute Gasteiger partial charge is 0.328 e. The molecule has 1 fully saturated rings. The third kappa shape index (κ3) is 3.09. The van der Waals surface area contributed by atoms with Crippen molar-refractivity contribution in [3.63, 3.8) is 0 Å². The van der Waals surface area contributed by atoms with Gasteiger partial charge in [-0.3, -0.25) is 14.5 Å². The van der Waals surface area contributed by atoms with Crippen LogP contribution in [0.1, 0.15) is 28.8 Å². The van der Waals surface area contributed by atoms with Gasteiger partial charge in [-0.25, -0.2) is 19.7 Å². The van der Waals surface area contributed by atoms with Crippen molar-refractivity contribution in [2.75, 3.05) is 18.8 Å². The summed E-state index contributed by atoms with van der Waals surface area (Å²) >= 11 is 0. The van der Waals surface area contributed by atoms with Crippen molar-refractivity contribution in [3.8, 4) is 11.6 Å². The molecule has 0 atom stereocenters. The quantitative estimate of drug-likeness (QED) is 0.453. The number of hydrogen-bond acceptors (Lipinski definition) is 7. The second-order valence-corrected chi connectivity index (χ2v) is 7.18. The molecule has 152 valence electrons. The van der Waals surface area contributed by atoms with Crippen LogP contribution in [-0.4, -0.2) is 58.6 Å². The molecule has 11 nitrogen and oxygen atoms in total. The highest BCUT2D eigenvalue weighted by molar-refractivity contribution is 5.94. The van der Waals surface area contributed by atoms with Crippen LogP contribution in [0.2, 0.25) is 0 Å². The predicted molar refractivity (Wildman–Crippen MR) is 109 cm³/mol. The van der Waals surface area contributed by atoms with E-state index in [1.54, 1.807) is 6.07 Å². The maximum Gasteiger partial charge on any atom is 0.328 e. The van der Waals surface area contributed by atoms with Gasteiger partial charge in [0.05, 0.1) is 6.54 Å². The van der Waals surface area contributed by atoms with E-state index < -0.39 is 0 Å². The molecule has 1 aromatic carbocycles. The fraction of sp³-hybridized carbons (Fsp3) is 0.263. The Kier molecular flexibility index (Phi) is 4.27. The van der Waals surface area contributed by atoms with Gasteiger partial charge in [0.15, 0.2) is 17.3 Å². The Morgan fingerprint density at radius 2 is 2.03 bits per heavy atom. The second-order valence-electron chi connectivity index (χ2n) is 7.18. The topological polar surface area (TPSA) is 151 Å². The molecule has 0 saturated carbocycles. The summed E-state index contributed by atoms with van der Waals surface area (Å²) in [6.45, 7) is 1.80. The van der Waals surface area contributed by atoms with Crippen LogP contribution < -0.4 is 11.4 Å².